The van der Waals surface area contributed by atoms with Crippen molar-refractivity contribution in [2.75, 3.05) is 0 Å². The van der Waals surface area contributed by atoms with Gasteiger partial charge < -0.3 is 4.55 Å². The van der Waals surface area contributed by atoms with Crippen LogP contribution in [0.5, 0.6) is 0 Å². The van der Waals surface area contributed by atoms with E-state index in [9.17, 15) is 4.21 Å². The zero-order valence-corrected chi connectivity index (χ0v) is 7.68. The van der Waals surface area contributed by atoms with Crippen molar-refractivity contribution in [2.45, 2.75) is 4.90 Å². The lowest BCUT2D eigenvalue weighted by molar-refractivity contribution is 0.564. The highest BCUT2D eigenvalue weighted by molar-refractivity contribution is 7.79. The Labute approximate surface area is 78.2 Å². The van der Waals surface area contributed by atoms with E-state index in [0.29, 0.717) is 4.90 Å². The molecule has 0 aliphatic rings. The first-order valence-electron chi connectivity index (χ1n) is 3.21. The molecule has 12 heavy (non-hydrogen) atoms. The van der Waals surface area contributed by atoms with Crippen LogP contribution < -0.4 is 0 Å². The van der Waals surface area contributed by atoms with Crippen molar-refractivity contribution in [3.63, 3.8) is 0 Å². The second-order valence-electron chi connectivity index (χ2n) is 2.11. The predicted molar refractivity (Wildman–Crippen MR) is 50.4 cm³/mol. The third kappa shape index (κ3) is 2.44. The molecule has 64 valence electrons. The second kappa shape index (κ2) is 4.40. The fraction of sp³-hybridized carbons (Fsp3) is 0. The molecule has 0 saturated heterocycles. The third-order valence-electron chi connectivity index (χ3n) is 1.34. The summed E-state index contributed by atoms with van der Waals surface area (Å²) in [6, 6.07) is 6.62. The summed E-state index contributed by atoms with van der Waals surface area (Å²) in [5.41, 5.74) is 2.30. The number of hydrogen-bond acceptors (Lipinski definition) is 1. The van der Waals surface area contributed by atoms with Crippen LogP contribution in [-0.4, -0.2) is 8.76 Å². The molecule has 0 aromatic heterocycles. The number of rotatable bonds is 2. The van der Waals surface area contributed by atoms with Crippen LogP contribution in [0.1, 0.15) is 5.56 Å². The molecule has 0 heterocycles. The van der Waals surface area contributed by atoms with E-state index in [2.05, 4.69) is 0 Å². The average Bonchev–Trinajstić information content (AvgIpc) is 2.06. The van der Waals surface area contributed by atoms with Crippen molar-refractivity contribution >= 4 is 28.8 Å². The van der Waals surface area contributed by atoms with Gasteiger partial charge in [0.2, 0.25) is 0 Å². The van der Waals surface area contributed by atoms with E-state index in [4.69, 9.17) is 16.2 Å². The van der Waals surface area contributed by atoms with E-state index in [1.54, 1.807) is 30.3 Å². The minimum absolute atomic E-state index is 0.390. The smallest absolute Gasteiger partial charge is 0.186 e. The van der Waals surface area contributed by atoms with Gasteiger partial charge in [-0.15, -0.1) is 0 Å². The fourth-order valence-corrected chi connectivity index (χ4v) is 1.28. The van der Waals surface area contributed by atoms with E-state index in [1.807, 2.05) is 0 Å². The van der Waals surface area contributed by atoms with E-state index in [0.717, 1.165) is 5.56 Å². The molecule has 0 aliphatic carbocycles. The first kappa shape index (κ1) is 9.45. The van der Waals surface area contributed by atoms with Gasteiger partial charge in [0, 0.05) is 5.54 Å². The molecule has 1 rings (SSSR count). The number of hydrogen-bond donors (Lipinski definition) is 1. The molecular formula is C8H7ClO2S. The van der Waals surface area contributed by atoms with Crippen molar-refractivity contribution in [3.8, 4) is 0 Å². The van der Waals surface area contributed by atoms with Gasteiger partial charge >= 0.3 is 0 Å². The Hall–Kier alpha value is -0.640. The number of halogens is 1. The predicted octanol–water partition coefficient (Wildman–Crippen LogP) is 2.48. The molecule has 1 atom stereocenters. The van der Waals surface area contributed by atoms with Crippen LogP contribution in [-0.2, 0) is 11.1 Å². The Balaban J connectivity index is 2.93. The van der Waals surface area contributed by atoms with E-state index in [1.165, 1.54) is 5.54 Å². The highest BCUT2D eigenvalue weighted by Gasteiger charge is 1.96. The lowest BCUT2D eigenvalue weighted by Gasteiger charge is -1.94. The van der Waals surface area contributed by atoms with E-state index < -0.39 is 11.1 Å². The van der Waals surface area contributed by atoms with Crippen LogP contribution in [0.2, 0.25) is 0 Å². The van der Waals surface area contributed by atoms with Crippen molar-refractivity contribution in [1.29, 1.82) is 0 Å². The van der Waals surface area contributed by atoms with Crippen molar-refractivity contribution < 1.29 is 8.76 Å². The summed E-state index contributed by atoms with van der Waals surface area (Å²) in [6.07, 6.45) is 1.70. The van der Waals surface area contributed by atoms with Gasteiger partial charge in [-0.1, -0.05) is 23.7 Å². The Kier molecular flexibility index (Phi) is 3.47. The van der Waals surface area contributed by atoms with Gasteiger partial charge in [-0.25, -0.2) is 4.21 Å². The molecule has 0 aliphatic heterocycles. The number of benzene rings is 1. The second-order valence-corrected chi connectivity index (χ2v) is 3.33. The largest absolute Gasteiger partial charge is 0.302 e. The van der Waals surface area contributed by atoms with Crippen LogP contribution in [0.4, 0.5) is 0 Å². The highest BCUT2D eigenvalue weighted by atomic mass is 35.5. The quantitative estimate of drug-likeness (QED) is 0.749. The summed E-state index contributed by atoms with van der Waals surface area (Å²) in [4.78, 5) is 0.390. The maximum atomic E-state index is 10.5. The Bertz CT molecular complexity index is 305. The zero-order chi connectivity index (χ0) is 8.97. The van der Waals surface area contributed by atoms with Gasteiger partial charge in [-0.05, 0) is 23.8 Å². The third-order valence-corrected chi connectivity index (χ3v) is 2.14. The lowest BCUT2D eigenvalue weighted by atomic mass is 10.2. The molecule has 0 saturated carbocycles. The molecule has 1 aromatic carbocycles. The normalized spacial score (nSPS) is 13.5. The zero-order valence-electron chi connectivity index (χ0n) is 6.11. The molecule has 0 spiro atoms. The van der Waals surface area contributed by atoms with Crippen LogP contribution in [0, 0.1) is 0 Å². The molecule has 1 aromatic rings. The van der Waals surface area contributed by atoms with E-state index >= 15 is 0 Å². The van der Waals surface area contributed by atoms with Crippen molar-refractivity contribution in [3.05, 3.63) is 35.4 Å². The summed E-state index contributed by atoms with van der Waals surface area (Å²) in [6.45, 7) is 0. The minimum Gasteiger partial charge on any atom is -0.302 e. The molecule has 0 fully saturated rings. The molecule has 0 amide bonds. The standard InChI is InChI=1S/C8H7ClO2S/c9-6-5-7-1-3-8(4-2-7)12(10)11/h1-6H,(H,10,11). The lowest BCUT2D eigenvalue weighted by Crippen LogP contribution is -1.86. The SMILES string of the molecule is O=S(O)c1ccc(C=CCl)cc1. The first-order chi connectivity index (χ1) is 5.74. The molecule has 0 radical (unpaired) electrons. The molecule has 1 N–H and O–H groups in total. The topological polar surface area (TPSA) is 37.3 Å². The maximum absolute atomic E-state index is 10.5. The van der Waals surface area contributed by atoms with Gasteiger partial charge in [0.15, 0.2) is 11.1 Å². The van der Waals surface area contributed by atoms with Gasteiger partial charge in [0.1, 0.15) is 0 Å². The summed E-state index contributed by atoms with van der Waals surface area (Å²) in [5.74, 6) is 0. The monoisotopic (exact) mass is 202 g/mol. The van der Waals surface area contributed by atoms with Crippen LogP contribution in [0.15, 0.2) is 34.7 Å². The fourth-order valence-electron chi connectivity index (χ4n) is 0.768. The molecule has 0 bridgehead atoms. The summed E-state index contributed by atoms with van der Waals surface area (Å²) >= 11 is 3.45. The summed E-state index contributed by atoms with van der Waals surface area (Å²) in [7, 11) is 0. The first-order valence-corrected chi connectivity index (χ1v) is 4.76. The Morgan fingerprint density at radius 3 is 2.33 bits per heavy atom. The van der Waals surface area contributed by atoms with Crippen molar-refractivity contribution in [1.82, 2.24) is 0 Å². The van der Waals surface area contributed by atoms with Gasteiger partial charge in [0.05, 0.1) is 4.90 Å². The van der Waals surface area contributed by atoms with Crippen LogP contribution in [0.3, 0.4) is 0 Å². The molecular weight excluding hydrogens is 196 g/mol. The van der Waals surface area contributed by atoms with Crippen molar-refractivity contribution in [2.24, 2.45) is 0 Å². The Morgan fingerprint density at radius 1 is 1.33 bits per heavy atom. The van der Waals surface area contributed by atoms with Crippen LogP contribution in [0.25, 0.3) is 6.08 Å². The average molecular weight is 203 g/mol. The molecule has 1 unspecified atom stereocenters. The summed E-state index contributed by atoms with van der Waals surface area (Å²) < 4.78 is 19.2. The van der Waals surface area contributed by atoms with Gasteiger partial charge in [-0.2, -0.15) is 0 Å². The summed E-state index contributed by atoms with van der Waals surface area (Å²) in [5, 5.41) is 0. The molecule has 4 heteroatoms. The Morgan fingerprint density at radius 2 is 1.92 bits per heavy atom. The minimum atomic E-state index is -1.90. The van der Waals surface area contributed by atoms with Gasteiger partial charge in [-0.3, -0.25) is 0 Å². The van der Waals surface area contributed by atoms with E-state index in [-0.39, 0.29) is 0 Å². The molecule has 2 nitrogen and oxygen atoms in total. The van der Waals surface area contributed by atoms with Gasteiger partial charge in [0.25, 0.3) is 0 Å². The highest BCUT2D eigenvalue weighted by Crippen LogP contribution is 2.08. The van der Waals surface area contributed by atoms with Crippen LogP contribution >= 0.6 is 11.6 Å². The maximum Gasteiger partial charge on any atom is 0.186 e.